The van der Waals surface area contributed by atoms with Gasteiger partial charge in [0.1, 0.15) is 5.75 Å². The summed E-state index contributed by atoms with van der Waals surface area (Å²) in [4.78, 5) is 19.3. The van der Waals surface area contributed by atoms with Crippen LogP contribution in [0.4, 0.5) is 5.69 Å². The van der Waals surface area contributed by atoms with Crippen molar-refractivity contribution in [2.75, 3.05) is 18.1 Å². The number of carbonyl (C=O) groups excluding carboxylic acids is 1. The third kappa shape index (κ3) is 5.18. The summed E-state index contributed by atoms with van der Waals surface area (Å²) < 4.78 is 7.90. The number of anilines is 1. The van der Waals surface area contributed by atoms with E-state index < -0.39 is 0 Å². The molecule has 6 heteroatoms. The highest BCUT2D eigenvalue weighted by Crippen LogP contribution is 2.35. The Bertz CT molecular complexity index is 1350. The number of rotatable bonds is 8. The van der Waals surface area contributed by atoms with E-state index in [2.05, 4.69) is 54.4 Å². The van der Waals surface area contributed by atoms with Crippen molar-refractivity contribution in [3.63, 3.8) is 0 Å². The van der Waals surface area contributed by atoms with E-state index in [0.717, 1.165) is 53.1 Å². The van der Waals surface area contributed by atoms with Crippen LogP contribution in [0.2, 0.25) is 0 Å². The average Bonchev–Trinajstić information content (AvgIpc) is 3.37. The molecular formula is C30H32N4O2. The Hall–Kier alpha value is -3.93. The summed E-state index contributed by atoms with van der Waals surface area (Å²) in [6.07, 6.45) is 10.7. The topological polar surface area (TPSA) is 60.2 Å². The quantitative estimate of drug-likeness (QED) is 0.301. The van der Waals surface area contributed by atoms with Crippen LogP contribution < -0.4 is 9.64 Å². The van der Waals surface area contributed by atoms with Gasteiger partial charge in [0.05, 0.1) is 19.3 Å². The maximum absolute atomic E-state index is 13.2. The number of aryl methyl sites for hydroxylation is 1. The van der Waals surface area contributed by atoms with Gasteiger partial charge in [-0.2, -0.15) is 5.10 Å². The number of fused-ring (bicyclic) bond motifs is 1. The summed E-state index contributed by atoms with van der Waals surface area (Å²) in [5.74, 6) is 1.06. The zero-order chi connectivity index (χ0) is 24.9. The minimum absolute atomic E-state index is 0.157. The molecule has 0 radical (unpaired) electrons. The van der Waals surface area contributed by atoms with Crippen LogP contribution >= 0.6 is 0 Å². The van der Waals surface area contributed by atoms with Crippen molar-refractivity contribution < 1.29 is 9.53 Å². The van der Waals surface area contributed by atoms with E-state index in [-0.39, 0.29) is 5.91 Å². The van der Waals surface area contributed by atoms with Crippen molar-refractivity contribution in [3.05, 3.63) is 95.6 Å². The van der Waals surface area contributed by atoms with Crippen molar-refractivity contribution in [1.82, 2.24) is 14.8 Å². The Morgan fingerprint density at radius 2 is 1.94 bits per heavy atom. The van der Waals surface area contributed by atoms with Gasteiger partial charge in [0.2, 0.25) is 5.91 Å². The van der Waals surface area contributed by atoms with Crippen LogP contribution in [-0.4, -0.2) is 33.8 Å². The highest BCUT2D eigenvalue weighted by atomic mass is 16.5. The van der Waals surface area contributed by atoms with Gasteiger partial charge >= 0.3 is 0 Å². The SMILES string of the molecule is Cc1cccc(OCCCC(=O)N2CCCc3c(-c4cnn(Cc5cccnc5)c4)cccc32)c1C. The standard InChI is InChI=1S/C30H32N4O2/c1-22-8-3-13-29(23(22)2)36-17-7-14-30(35)34-16-6-11-27-26(10-4-12-28(27)34)25-19-32-33(21-25)20-24-9-5-15-31-18-24/h3-5,8-10,12-13,15,18-19,21H,6-7,11,14,16-17,20H2,1-2H3. The minimum Gasteiger partial charge on any atom is -0.493 e. The smallest absolute Gasteiger partial charge is 0.227 e. The molecule has 3 heterocycles. The predicted octanol–water partition coefficient (Wildman–Crippen LogP) is 5.75. The maximum Gasteiger partial charge on any atom is 0.227 e. The van der Waals surface area contributed by atoms with Gasteiger partial charge in [0.15, 0.2) is 0 Å². The molecule has 0 spiro atoms. The molecule has 0 saturated carbocycles. The van der Waals surface area contributed by atoms with Crippen molar-refractivity contribution in [2.24, 2.45) is 0 Å². The molecule has 0 aliphatic carbocycles. The number of hydrogen-bond donors (Lipinski definition) is 0. The van der Waals surface area contributed by atoms with Gasteiger partial charge in [-0.15, -0.1) is 0 Å². The van der Waals surface area contributed by atoms with Crippen LogP contribution in [0.3, 0.4) is 0 Å². The number of pyridine rings is 1. The maximum atomic E-state index is 13.2. The van der Waals surface area contributed by atoms with Crippen LogP contribution in [0, 0.1) is 13.8 Å². The molecule has 0 fully saturated rings. The summed E-state index contributed by atoms with van der Waals surface area (Å²) in [6.45, 7) is 6.12. The van der Waals surface area contributed by atoms with Gasteiger partial charge in [-0.05, 0) is 79.1 Å². The first kappa shape index (κ1) is 23.8. The zero-order valence-electron chi connectivity index (χ0n) is 21.0. The normalized spacial score (nSPS) is 12.9. The molecule has 6 nitrogen and oxygen atoms in total. The zero-order valence-corrected chi connectivity index (χ0v) is 21.0. The molecule has 0 bridgehead atoms. The first-order valence-corrected chi connectivity index (χ1v) is 12.6. The number of ether oxygens (including phenoxy) is 1. The lowest BCUT2D eigenvalue weighted by Crippen LogP contribution is -2.35. The molecule has 0 atom stereocenters. The van der Waals surface area contributed by atoms with Crippen LogP contribution in [0.15, 0.2) is 73.3 Å². The third-order valence-electron chi connectivity index (χ3n) is 6.91. The highest BCUT2D eigenvalue weighted by Gasteiger charge is 2.24. The average molecular weight is 481 g/mol. The van der Waals surface area contributed by atoms with Crippen molar-refractivity contribution in [1.29, 1.82) is 0 Å². The fraction of sp³-hybridized carbons (Fsp3) is 0.300. The molecular weight excluding hydrogens is 448 g/mol. The third-order valence-corrected chi connectivity index (χ3v) is 6.91. The largest absolute Gasteiger partial charge is 0.493 e. The molecule has 4 aromatic rings. The van der Waals surface area contributed by atoms with Crippen LogP contribution in [0.1, 0.15) is 41.5 Å². The molecule has 184 valence electrons. The summed E-state index contributed by atoms with van der Waals surface area (Å²) >= 11 is 0. The van der Waals surface area contributed by atoms with E-state index in [4.69, 9.17) is 4.74 Å². The molecule has 1 amide bonds. The number of aromatic nitrogens is 3. The Morgan fingerprint density at radius 3 is 2.81 bits per heavy atom. The Labute approximate surface area is 212 Å². The van der Waals surface area contributed by atoms with Gasteiger partial charge < -0.3 is 9.64 Å². The first-order chi connectivity index (χ1) is 17.6. The number of hydrogen-bond acceptors (Lipinski definition) is 4. The second-order valence-corrected chi connectivity index (χ2v) is 9.39. The van der Waals surface area contributed by atoms with E-state index in [1.54, 1.807) is 6.20 Å². The van der Waals surface area contributed by atoms with Crippen LogP contribution in [0.25, 0.3) is 11.1 Å². The molecule has 5 rings (SSSR count). The molecule has 0 unspecified atom stereocenters. The number of benzene rings is 2. The second kappa shape index (κ2) is 10.8. The van der Waals surface area contributed by atoms with Gasteiger partial charge in [-0.25, -0.2) is 0 Å². The second-order valence-electron chi connectivity index (χ2n) is 9.39. The van der Waals surface area contributed by atoms with E-state index in [1.807, 2.05) is 46.2 Å². The summed E-state index contributed by atoms with van der Waals surface area (Å²) in [6, 6.07) is 16.3. The van der Waals surface area contributed by atoms with Crippen LogP contribution in [0.5, 0.6) is 5.75 Å². The Kier molecular flexibility index (Phi) is 7.12. The molecule has 36 heavy (non-hydrogen) atoms. The summed E-state index contributed by atoms with van der Waals surface area (Å²) in [5.41, 5.74) is 7.97. The Balaban J connectivity index is 1.25. The predicted molar refractivity (Wildman–Crippen MR) is 142 cm³/mol. The fourth-order valence-electron chi connectivity index (χ4n) is 4.84. The highest BCUT2D eigenvalue weighted by molar-refractivity contribution is 5.96. The molecule has 0 N–H and O–H groups in total. The van der Waals surface area contributed by atoms with E-state index in [9.17, 15) is 4.79 Å². The number of amides is 1. The number of nitrogens with zero attached hydrogens (tertiary/aromatic N) is 4. The molecule has 1 aliphatic heterocycles. The van der Waals surface area contributed by atoms with Gasteiger partial charge in [0, 0.05) is 42.8 Å². The van der Waals surface area contributed by atoms with E-state index in [1.165, 1.54) is 11.1 Å². The molecule has 2 aromatic carbocycles. The first-order valence-electron chi connectivity index (χ1n) is 12.6. The summed E-state index contributed by atoms with van der Waals surface area (Å²) in [7, 11) is 0. The van der Waals surface area contributed by atoms with Gasteiger partial charge in [-0.3, -0.25) is 14.5 Å². The molecule has 0 saturated heterocycles. The van der Waals surface area contributed by atoms with E-state index in [0.29, 0.717) is 26.0 Å². The minimum atomic E-state index is 0.157. The van der Waals surface area contributed by atoms with Crippen molar-refractivity contribution >= 4 is 11.6 Å². The lowest BCUT2D eigenvalue weighted by molar-refractivity contribution is -0.118. The van der Waals surface area contributed by atoms with Crippen molar-refractivity contribution in [2.45, 2.75) is 46.1 Å². The van der Waals surface area contributed by atoms with Crippen molar-refractivity contribution in [3.8, 4) is 16.9 Å². The van der Waals surface area contributed by atoms with Gasteiger partial charge in [0.25, 0.3) is 0 Å². The number of carbonyl (C=O) groups is 1. The molecule has 1 aliphatic rings. The molecule has 2 aromatic heterocycles. The fourth-order valence-corrected chi connectivity index (χ4v) is 4.84. The van der Waals surface area contributed by atoms with E-state index >= 15 is 0 Å². The lowest BCUT2D eigenvalue weighted by atomic mass is 9.93. The van der Waals surface area contributed by atoms with Crippen LogP contribution in [-0.2, 0) is 17.8 Å². The summed E-state index contributed by atoms with van der Waals surface area (Å²) in [5, 5.41) is 4.57. The lowest BCUT2D eigenvalue weighted by Gasteiger charge is -2.31. The Morgan fingerprint density at radius 1 is 1.06 bits per heavy atom. The van der Waals surface area contributed by atoms with Gasteiger partial charge in [-0.1, -0.05) is 30.3 Å². The monoisotopic (exact) mass is 480 g/mol.